The van der Waals surface area contributed by atoms with Gasteiger partial charge in [0.15, 0.2) is 16.6 Å². The average molecular weight is 306 g/mol. The van der Waals surface area contributed by atoms with E-state index >= 15 is 0 Å². The molecule has 0 aliphatic carbocycles. The zero-order valence-corrected chi connectivity index (χ0v) is 12.9. The van der Waals surface area contributed by atoms with Crippen LogP contribution in [0.5, 0.6) is 11.5 Å². The second-order valence-electron chi connectivity index (χ2n) is 4.57. The average Bonchev–Trinajstić information content (AvgIpc) is 2.71. The van der Waals surface area contributed by atoms with Crippen molar-refractivity contribution in [2.75, 3.05) is 13.2 Å². The maximum atomic E-state index is 12.2. The molecule has 1 aliphatic heterocycles. The predicted molar refractivity (Wildman–Crippen MR) is 85.0 cm³/mol. The summed E-state index contributed by atoms with van der Waals surface area (Å²) in [7, 11) is 0. The molecule has 1 fully saturated rings. The lowest BCUT2D eigenvalue weighted by molar-refractivity contribution is -0.122. The predicted octanol–water partition coefficient (Wildman–Crippen LogP) is 2.26. The highest BCUT2D eigenvalue weighted by Crippen LogP contribution is 2.31. The van der Waals surface area contributed by atoms with Gasteiger partial charge in [0.25, 0.3) is 5.91 Å². The Morgan fingerprint density at radius 3 is 2.86 bits per heavy atom. The SMILES string of the molecule is CCCN1C(=O)/C(=C/c2cccc(OCC)c2O)NC1=S. The first kappa shape index (κ1) is 15.3. The molecule has 6 heteroatoms. The van der Waals surface area contributed by atoms with E-state index in [-0.39, 0.29) is 11.7 Å². The molecule has 21 heavy (non-hydrogen) atoms. The fourth-order valence-corrected chi connectivity index (χ4v) is 2.37. The van der Waals surface area contributed by atoms with Crippen LogP contribution in [0.1, 0.15) is 25.8 Å². The van der Waals surface area contributed by atoms with Gasteiger partial charge in [-0.25, -0.2) is 0 Å². The van der Waals surface area contributed by atoms with Crippen LogP contribution in [0.25, 0.3) is 6.08 Å². The van der Waals surface area contributed by atoms with Crippen LogP contribution in [0.2, 0.25) is 0 Å². The van der Waals surface area contributed by atoms with Crippen LogP contribution >= 0.6 is 12.2 Å². The van der Waals surface area contributed by atoms with Crippen LogP contribution in [-0.2, 0) is 4.79 Å². The number of ether oxygens (including phenoxy) is 1. The summed E-state index contributed by atoms with van der Waals surface area (Å²) in [5.41, 5.74) is 0.871. The fourth-order valence-electron chi connectivity index (χ4n) is 2.08. The Labute approximate surface area is 129 Å². The number of aromatic hydroxyl groups is 1. The highest BCUT2D eigenvalue weighted by Gasteiger charge is 2.29. The van der Waals surface area contributed by atoms with E-state index in [9.17, 15) is 9.90 Å². The van der Waals surface area contributed by atoms with Crippen LogP contribution in [0.4, 0.5) is 0 Å². The van der Waals surface area contributed by atoms with Gasteiger partial charge >= 0.3 is 0 Å². The van der Waals surface area contributed by atoms with Gasteiger partial charge in [-0.3, -0.25) is 9.69 Å². The number of nitrogens with one attached hydrogen (secondary N) is 1. The Hall–Kier alpha value is -2.08. The van der Waals surface area contributed by atoms with Crippen molar-refractivity contribution in [3.63, 3.8) is 0 Å². The molecule has 1 heterocycles. The molecule has 2 N–H and O–H groups in total. The summed E-state index contributed by atoms with van der Waals surface area (Å²) in [6.07, 6.45) is 2.41. The van der Waals surface area contributed by atoms with Gasteiger partial charge in [-0.1, -0.05) is 19.1 Å². The van der Waals surface area contributed by atoms with Crippen LogP contribution in [0.15, 0.2) is 23.9 Å². The summed E-state index contributed by atoms with van der Waals surface area (Å²) < 4.78 is 5.33. The van der Waals surface area contributed by atoms with Gasteiger partial charge in [-0.05, 0) is 37.7 Å². The van der Waals surface area contributed by atoms with Crippen molar-refractivity contribution in [2.24, 2.45) is 0 Å². The van der Waals surface area contributed by atoms with Gasteiger partial charge in [-0.15, -0.1) is 0 Å². The minimum atomic E-state index is -0.178. The Kier molecular flexibility index (Phi) is 4.80. The highest BCUT2D eigenvalue weighted by atomic mass is 32.1. The quantitative estimate of drug-likeness (QED) is 0.645. The largest absolute Gasteiger partial charge is 0.504 e. The number of carbonyl (C=O) groups excluding carboxylic acids is 1. The third kappa shape index (κ3) is 3.16. The number of benzene rings is 1. The second-order valence-corrected chi connectivity index (χ2v) is 4.96. The number of para-hydroxylation sites is 1. The van der Waals surface area contributed by atoms with E-state index in [0.29, 0.717) is 35.3 Å². The van der Waals surface area contributed by atoms with Crippen molar-refractivity contribution in [3.8, 4) is 11.5 Å². The van der Waals surface area contributed by atoms with E-state index in [1.54, 1.807) is 24.3 Å². The number of hydrogen-bond acceptors (Lipinski definition) is 4. The van der Waals surface area contributed by atoms with Crippen molar-refractivity contribution >= 4 is 29.3 Å². The molecule has 1 saturated heterocycles. The molecule has 0 unspecified atom stereocenters. The van der Waals surface area contributed by atoms with Crippen molar-refractivity contribution in [1.29, 1.82) is 0 Å². The van der Waals surface area contributed by atoms with E-state index < -0.39 is 0 Å². The lowest BCUT2D eigenvalue weighted by atomic mass is 10.1. The van der Waals surface area contributed by atoms with Crippen LogP contribution in [0.3, 0.4) is 0 Å². The van der Waals surface area contributed by atoms with Gasteiger partial charge in [0.2, 0.25) is 0 Å². The summed E-state index contributed by atoms with van der Waals surface area (Å²) in [6, 6.07) is 5.16. The number of amides is 1. The third-order valence-electron chi connectivity index (χ3n) is 3.04. The number of rotatable bonds is 5. The molecular formula is C15H18N2O3S. The summed E-state index contributed by atoms with van der Waals surface area (Å²) in [6.45, 7) is 4.86. The van der Waals surface area contributed by atoms with Crippen LogP contribution < -0.4 is 10.1 Å². The Morgan fingerprint density at radius 1 is 1.43 bits per heavy atom. The van der Waals surface area contributed by atoms with Crippen molar-refractivity contribution < 1.29 is 14.6 Å². The molecule has 0 aromatic heterocycles. The van der Waals surface area contributed by atoms with Gasteiger partial charge in [0.05, 0.1) is 6.61 Å². The molecule has 0 bridgehead atoms. The molecular weight excluding hydrogens is 288 g/mol. The first-order valence-electron chi connectivity index (χ1n) is 6.87. The summed E-state index contributed by atoms with van der Waals surface area (Å²) >= 11 is 5.14. The molecule has 0 saturated carbocycles. The van der Waals surface area contributed by atoms with E-state index in [1.165, 1.54) is 4.90 Å². The number of hydrogen-bond donors (Lipinski definition) is 2. The van der Waals surface area contributed by atoms with Gasteiger partial charge in [0, 0.05) is 12.1 Å². The van der Waals surface area contributed by atoms with Crippen molar-refractivity contribution in [2.45, 2.75) is 20.3 Å². The topological polar surface area (TPSA) is 61.8 Å². The van der Waals surface area contributed by atoms with Crippen LogP contribution in [0, 0.1) is 0 Å². The van der Waals surface area contributed by atoms with E-state index in [2.05, 4.69) is 5.32 Å². The zero-order valence-electron chi connectivity index (χ0n) is 12.0. The molecule has 0 spiro atoms. The van der Waals surface area contributed by atoms with E-state index in [4.69, 9.17) is 17.0 Å². The van der Waals surface area contributed by atoms with Crippen molar-refractivity contribution in [1.82, 2.24) is 10.2 Å². The molecule has 0 atom stereocenters. The Bertz CT molecular complexity index is 599. The molecule has 1 aliphatic rings. The molecule has 5 nitrogen and oxygen atoms in total. The first-order valence-corrected chi connectivity index (χ1v) is 7.28. The molecule has 1 aromatic carbocycles. The molecule has 112 valence electrons. The lowest BCUT2D eigenvalue weighted by Gasteiger charge is -2.11. The minimum absolute atomic E-state index is 0.0151. The summed E-state index contributed by atoms with van der Waals surface area (Å²) in [5, 5.41) is 13.4. The zero-order chi connectivity index (χ0) is 15.4. The molecule has 1 aromatic rings. The number of phenolic OH excluding ortho intramolecular Hbond substituents is 1. The molecule has 1 amide bonds. The Balaban J connectivity index is 2.30. The second kappa shape index (κ2) is 6.58. The van der Waals surface area contributed by atoms with Gasteiger partial charge in [0.1, 0.15) is 5.70 Å². The number of thiocarbonyl (C=S) groups is 1. The fraction of sp³-hybridized carbons (Fsp3) is 0.333. The van der Waals surface area contributed by atoms with E-state index in [1.807, 2.05) is 13.8 Å². The first-order chi connectivity index (χ1) is 10.1. The van der Waals surface area contributed by atoms with Gasteiger partial charge < -0.3 is 15.2 Å². The van der Waals surface area contributed by atoms with Gasteiger partial charge in [-0.2, -0.15) is 0 Å². The Morgan fingerprint density at radius 2 is 2.19 bits per heavy atom. The molecule has 2 rings (SSSR count). The smallest absolute Gasteiger partial charge is 0.276 e. The molecule has 0 radical (unpaired) electrons. The standard InChI is InChI=1S/C15H18N2O3S/c1-3-8-17-14(19)11(16-15(17)21)9-10-6-5-7-12(13(10)18)20-4-2/h5-7,9,18H,3-4,8H2,1-2H3,(H,16,21)/b11-9-. The summed E-state index contributed by atoms with van der Waals surface area (Å²) in [4.78, 5) is 13.7. The third-order valence-corrected chi connectivity index (χ3v) is 3.36. The number of carbonyl (C=O) groups is 1. The number of phenols is 1. The maximum Gasteiger partial charge on any atom is 0.276 e. The normalized spacial score (nSPS) is 16.5. The minimum Gasteiger partial charge on any atom is -0.504 e. The maximum absolute atomic E-state index is 12.2. The highest BCUT2D eigenvalue weighted by molar-refractivity contribution is 7.80. The van der Waals surface area contributed by atoms with Crippen molar-refractivity contribution in [3.05, 3.63) is 29.5 Å². The monoisotopic (exact) mass is 306 g/mol. The lowest BCUT2D eigenvalue weighted by Crippen LogP contribution is -2.31. The van der Waals surface area contributed by atoms with E-state index in [0.717, 1.165) is 6.42 Å². The summed E-state index contributed by atoms with van der Waals surface area (Å²) in [5.74, 6) is 0.231. The van der Waals surface area contributed by atoms with Crippen LogP contribution in [-0.4, -0.2) is 34.2 Å². The number of nitrogens with zero attached hydrogens (tertiary/aromatic N) is 1.